The first kappa shape index (κ1) is 14.1. The fourth-order valence-corrected chi connectivity index (χ4v) is 1.99. The quantitative estimate of drug-likeness (QED) is 0.798. The fourth-order valence-electron chi connectivity index (χ4n) is 1.99. The molecule has 1 aromatic rings. The van der Waals surface area contributed by atoms with Gasteiger partial charge in [-0.2, -0.15) is 0 Å². The highest BCUT2D eigenvalue weighted by Crippen LogP contribution is 2.20. The van der Waals surface area contributed by atoms with Gasteiger partial charge in [-0.3, -0.25) is 0 Å². The van der Waals surface area contributed by atoms with Crippen molar-refractivity contribution in [3.63, 3.8) is 0 Å². The molecule has 0 aliphatic heterocycles. The minimum Gasteiger partial charge on any atom is -0.491 e. The van der Waals surface area contributed by atoms with Crippen molar-refractivity contribution in [2.45, 2.75) is 52.2 Å². The lowest BCUT2D eigenvalue weighted by molar-refractivity contribution is 0.242. The third-order valence-corrected chi connectivity index (χ3v) is 3.27. The van der Waals surface area contributed by atoms with Gasteiger partial charge >= 0.3 is 0 Å². The van der Waals surface area contributed by atoms with Gasteiger partial charge < -0.3 is 10.1 Å². The molecule has 2 heteroatoms. The molecule has 0 saturated heterocycles. The van der Waals surface area contributed by atoms with Crippen LogP contribution in [0.25, 0.3) is 6.08 Å². The van der Waals surface area contributed by atoms with Crippen LogP contribution in [0.15, 0.2) is 29.8 Å². The monoisotopic (exact) mass is 259 g/mol. The number of nitrogens with one attached hydrogen (secondary N) is 1. The Morgan fingerprint density at radius 1 is 1.32 bits per heavy atom. The van der Waals surface area contributed by atoms with E-state index >= 15 is 0 Å². The van der Waals surface area contributed by atoms with E-state index in [9.17, 15) is 0 Å². The molecule has 1 aromatic carbocycles. The molecule has 1 aliphatic carbocycles. The maximum absolute atomic E-state index is 5.65. The first-order chi connectivity index (χ1) is 9.17. The smallest absolute Gasteiger partial charge is 0.119 e. The van der Waals surface area contributed by atoms with E-state index in [0.717, 1.165) is 24.8 Å². The maximum atomic E-state index is 5.65. The fraction of sp³-hybridized carbons (Fsp3) is 0.529. The second kappa shape index (κ2) is 6.76. The normalized spacial score (nSPS) is 15.9. The Morgan fingerprint density at radius 3 is 2.53 bits per heavy atom. The summed E-state index contributed by atoms with van der Waals surface area (Å²) in [5.41, 5.74) is 2.72. The molecule has 0 amide bonds. The molecule has 0 spiro atoms. The molecule has 0 heterocycles. The summed E-state index contributed by atoms with van der Waals surface area (Å²) in [6.07, 6.45) is 6.31. The van der Waals surface area contributed by atoms with Crippen LogP contribution in [-0.4, -0.2) is 18.7 Å². The first-order valence-corrected chi connectivity index (χ1v) is 7.37. The van der Waals surface area contributed by atoms with Crippen LogP contribution < -0.4 is 10.1 Å². The van der Waals surface area contributed by atoms with E-state index in [1.54, 1.807) is 0 Å². The molecular weight excluding hydrogens is 234 g/mol. The largest absolute Gasteiger partial charge is 0.491 e. The summed E-state index contributed by atoms with van der Waals surface area (Å²) in [7, 11) is 0. The summed E-state index contributed by atoms with van der Waals surface area (Å²) in [4.78, 5) is 0. The molecule has 1 N–H and O–H groups in total. The summed E-state index contributed by atoms with van der Waals surface area (Å²) >= 11 is 0. The Morgan fingerprint density at radius 2 is 2.00 bits per heavy atom. The standard InChI is InChI=1S/C17H25NO/c1-4-14(12-18-16-7-8-16)11-15-5-9-17(10-6-15)19-13(2)3/h5-6,9-11,13,16,18H,4,7-8,12H2,1-3H3. The third-order valence-electron chi connectivity index (χ3n) is 3.27. The average molecular weight is 259 g/mol. The zero-order valence-electron chi connectivity index (χ0n) is 12.3. The van der Waals surface area contributed by atoms with E-state index in [4.69, 9.17) is 4.74 Å². The van der Waals surface area contributed by atoms with E-state index < -0.39 is 0 Å². The lowest BCUT2D eigenvalue weighted by atomic mass is 10.1. The van der Waals surface area contributed by atoms with Crippen molar-refractivity contribution in [2.24, 2.45) is 0 Å². The molecule has 104 valence electrons. The van der Waals surface area contributed by atoms with Gasteiger partial charge in [0.25, 0.3) is 0 Å². The van der Waals surface area contributed by atoms with Gasteiger partial charge in [0.05, 0.1) is 6.10 Å². The highest BCUT2D eigenvalue weighted by molar-refractivity contribution is 5.54. The van der Waals surface area contributed by atoms with Crippen molar-refractivity contribution in [2.75, 3.05) is 6.54 Å². The van der Waals surface area contributed by atoms with Gasteiger partial charge in [-0.25, -0.2) is 0 Å². The molecule has 2 nitrogen and oxygen atoms in total. The van der Waals surface area contributed by atoms with Crippen molar-refractivity contribution in [3.05, 3.63) is 35.4 Å². The molecular formula is C17H25NO. The van der Waals surface area contributed by atoms with Crippen molar-refractivity contribution >= 4 is 6.08 Å². The van der Waals surface area contributed by atoms with Gasteiger partial charge in [0.1, 0.15) is 5.75 Å². The molecule has 1 aliphatic rings. The van der Waals surface area contributed by atoms with E-state index in [0.29, 0.717) is 0 Å². The lowest BCUT2D eigenvalue weighted by Crippen LogP contribution is -2.18. The topological polar surface area (TPSA) is 21.3 Å². The van der Waals surface area contributed by atoms with Crippen LogP contribution in [0.5, 0.6) is 5.75 Å². The van der Waals surface area contributed by atoms with Crippen LogP contribution in [0, 0.1) is 0 Å². The van der Waals surface area contributed by atoms with Crippen LogP contribution in [0.3, 0.4) is 0 Å². The van der Waals surface area contributed by atoms with Crippen LogP contribution >= 0.6 is 0 Å². The van der Waals surface area contributed by atoms with Crippen molar-refractivity contribution < 1.29 is 4.74 Å². The molecule has 0 atom stereocenters. The SMILES string of the molecule is CCC(=Cc1ccc(OC(C)C)cc1)CNC1CC1. The number of hydrogen-bond donors (Lipinski definition) is 1. The van der Waals surface area contributed by atoms with E-state index in [1.165, 1.54) is 24.0 Å². The Hall–Kier alpha value is -1.28. The predicted octanol–water partition coefficient (Wildman–Crippen LogP) is 4.02. The molecule has 2 rings (SSSR count). The Labute approximate surface area is 116 Å². The lowest BCUT2D eigenvalue weighted by Gasteiger charge is -2.10. The van der Waals surface area contributed by atoms with Gasteiger partial charge in [0.2, 0.25) is 0 Å². The highest BCUT2D eigenvalue weighted by atomic mass is 16.5. The number of rotatable bonds is 7. The number of hydrogen-bond acceptors (Lipinski definition) is 2. The van der Waals surface area contributed by atoms with Gasteiger partial charge in [-0.1, -0.05) is 30.7 Å². The first-order valence-electron chi connectivity index (χ1n) is 7.37. The Kier molecular flexibility index (Phi) is 5.03. The van der Waals surface area contributed by atoms with Crippen LogP contribution in [0.1, 0.15) is 45.6 Å². The van der Waals surface area contributed by atoms with Crippen LogP contribution in [0.4, 0.5) is 0 Å². The summed E-state index contributed by atoms with van der Waals surface area (Å²) in [6.45, 7) is 7.33. The van der Waals surface area contributed by atoms with Crippen molar-refractivity contribution in [1.82, 2.24) is 5.32 Å². The molecule has 0 radical (unpaired) electrons. The summed E-state index contributed by atoms with van der Waals surface area (Å²) < 4.78 is 5.65. The van der Waals surface area contributed by atoms with Gasteiger partial charge in [0.15, 0.2) is 0 Å². The van der Waals surface area contributed by atoms with E-state index in [-0.39, 0.29) is 6.10 Å². The Balaban J connectivity index is 1.94. The number of ether oxygens (including phenoxy) is 1. The summed E-state index contributed by atoms with van der Waals surface area (Å²) in [5, 5.41) is 3.57. The predicted molar refractivity (Wildman–Crippen MR) is 81.5 cm³/mol. The Bertz CT molecular complexity index is 415. The molecule has 1 fully saturated rings. The zero-order valence-corrected chi connectivity index (χ0v) is 12.3. The minimum atomic E-state index is 0.232. The number of benzene rings is 1. The second-order valence-corrected chi connectivity index (χ2v) is 5.55. The molecule has 0 unspecified atom stereocenters. The summed E-state index contributed by atoms with van der Waals surface area (Å²) in [6, 6.07) is 9.13. The highest BCUT2D eigenvalue weighted by Gasteiger charge is 2.19. The van der Waals surface area contributed by atoms with Crippen LogP contribution in [0.2, 0.25) is 0 Å². The third kappa shape index (κ3) is 5.07. The van der Waals surface area contributed by atoms with Crippen molar-refractivity contribution in [1.29, 1.82) is 0 Å². The molecule has 19 heavy (non-hydrogen) atoms. The average Bonchev–Trinajstić information content (AvgIpc) is 3.20. The van der Waals surface area contributed by atoms with Gasteiger partial charge in [0, 0.05) is 12.6 Å². The maximum Gasteiger partial charge on any atom is 0.119 e. The zero-order chi connectivity index (χ0) is 13.7. The van der Waals surface area contributed by atoms with E-state index in [1.807, 2.05) is 26.0 Å². The second-order valence-electron chi connectivity index (χ2n) is 5.55. The summed E-state index contributed by atoms with van der Waals surface area (Å²) in [5.74, 6) is 0.946. The molecule has 0 aromatic heterocycles. The molecule has 0 bridgehead atoms. The van der Waals surface area contributed by atoms with Gasteiger partial charge in [-0.05, 0) is 50.8 Å². The van der Waals surface area contributed by atoms with Gasteiger partial charge in [-0.15, -0.1) is 0 Å². The molecule has 1 saturated carbocycles. The van der Waals surface area contributed by atoms with Crippen LogP contribution in [-0.2, 0) is 0 Å². The minimum absolute atomic E-state index is 0.232. The van der Waals surface area contributed by atoms with E-state index in [2.05, 4.69) is 30.4 Å². The van der Waals surface area contributed by atoms with Crippen molar-refractivity contribution in [3.8, 4) is 5.75 Å².